The lowest BCUT2D eigenvalue weighted by molar-refractivity contribution is -0.150. The molecular formula is C14H17ClN2O5. The summed E-state index contributed by atoms with van der Waals surface area (Å²) in [6.07, 6.45) is 0. The van der Waals surface area contributed by atoms with Crippen LogP contribution in [0.4, 0.5) is 4.79 Å². The summed E-state index contributed by atoms with van der Waals surface area (Å²) < 4.78 is 9.89. The molecule has 0 saturated heterocycles. The summed E-state index contributed by atoms with van der Waals surface area (Å²) in [4.78, 5) is 33.8. The molecule has 2 N–H and O–H groups in total. The van der Waals surface area contributed by atoms with Crippen LogP contribution in [0.5, 0.6) is 5.75 Å². The van der Waals surface area contributed by atoms with Crippen molar-refractivity contribution in [3.8, 4) is 5.75 Å². The minimum absolute atomic E-state index is 0.352. The molecule has 7 nitrogen and oxygen atoms in total. The quantitative estimate of drug-likeness (QED) is 0.770. The predicted molar refractivity (Wildman–Crippen MR) is 79.9 cm³/mol. The zero-order chi connectivity index (χ0) is 16.5. The lowest BCUT2D eigenvalue weighted by Crippen LogP contribution is -2.41. The van der Waals surface area contributed by atoms with Crippen LogP contribution in [0.25, 0.3) is 0 Å². The van der Waals surface area contributed by atoms with E-state index in [1.165, 1.54) is 0 Å². The summed E-state index contributed by atoms with van der Waals surface area (Å²) in [6, 6.07) is 4.30. The summed E-state index contributed by atoms with van der Waals surface area (Å²) in [5.41, 5.74) is 0.814. The van der Waals surface area contributed by atoms with Crippen LogP contribution in [0.2, 0.25) is 5.02 Å². The average molecular weight is 329 g/mol. The van der Waals surface area contributed by atoms with E-state index in [1.807, 2.05) is 5.32 Å². The molecule has 0 unspecified atom stereocenters. The van der Waals surface area contributed by atoms with Crippen molar-refractivity contribution >= 4 is 29.5 Å². The van der Waals surface area contributed by atoms with Crippen LogP contribution in [0.15, 0.2) is 18.2 Å². The van der Waals surface area contributed by atoms with Crippen LogP contribution in [-0.4, -0.2) is 37.7 Å². The summed E-state index contributed by atoms with van der Waals surface area (Å²) in [7, 11) is 0. The molecule has 3 amide bonds. The normalized spacial score (nSPS) is 9.77. The number of hydrogen-bond donors (Lipinski definition) is 2. The number of urea groups is 1. The number of imide groups is 1. The van der Waals surface area contributed by atoms with Crippen LogP contribution in [0, 0.1) is 6.92 Å². The Morgan fingerprint density at radius 3 is 2.59 bits per heavy atom. The number of ether oxygens (including phenoxy) is 2. The van der Waals surface area contributed by atoms with Crippen LogP contribution < -0.4 is 15.4 Å². The Morgan fingerprint density at radius 2 is 1.95 bits per heavy atom. The highest BCUT2D eigenvalue weighted by atomic mass is 35.5. The lowest BCUT2D eigenvalue weighted by Gasteiger charge is -2.08. The molecule has 0 saturated carbocycles. The number of aryl methyl sites for hydroxylation is 1. The maximum atomic E-state index is 11.4. The van der Waals surface area contributed by atoms with Gasteiger partial charge in [-0.1, -0.05) is 11.6 Å². The molecule has 0 fully saturated rings. The van der Waals surface area contributed by atoms with Gasteiger partial charge in [0.15, 0.2) is 13.2 Å². The molecule has 1 rings (SSSR count). The standard InChI is InChI=1S/C14H17ClN2O5/c1-3-16-14(20)17-12(18)7-22-13(19)8-21-10-4-5-11(15)9(2)6-10/h4-6H,3,7-8H2,1-2H3,(H2,16,17,18,20). The zero-order valence-electron chi connectivity index (χ0n) is 12.3. The van der Waals surface area contributed by atoms with E-state index in [0.29, 0.717) is 17.3 Å². The number of carbonyl (C=O) groups is 3. The molecule has 0 atom stereocenters. The minimum atomic E-state index is -0.723. The van der Waals surface area contributed by atoms with E-state index in [1.54, 1.807) is 32.0 Å². The Kier molecular flexibility index (Phi) is 7.18. The highest BCUT2D eigenvalue weighted by molar-refractivity contribution is 6.31. The number of benzene rings is 1. The zero-order valence-corrected chi connectivity index (χ0v) is 13.0. The molecule has 0 aliphatic carbocycles. The maximum Gasteiger partial charge on any atom is 0.344 e. The van der Waals surface area contributed by atoms with Gasteiger partial charge in [-0.2, -0.15) is 0 Å². The number of esters is 1. The number of rotatable bonds is 6. The molecule has 0 aromatic heterocycles. The smallest absolute Gasteiger partial charge is 0.344 e. The maximum absolute atomic E-state index is 11.4. The third-order valence-corrected chi connectivity index (χ3v) is 2.86. The molecule has 0 spiro atoms. The summed E-state index contributed by atoms with van der Waals surface area (Å²) >= 11 is 5.87. The number of carbonyl (C=O) groups excluding carboxylic acids is 3. The van der Waals surface area contributed by atoms with E-state index in [-0.39, 0.29) is 6.61 Å². The van der Waals surface area contributed by atoms with E-state index in [9.17, 15) is 14.4 Å². The van der Waals surface area contributed by atoms with Gasteiger partial charge in [-0.05, 0) is 37.6 Å². The van der Waals surface area contributed by atoms with Crippen molar-refractivity contribution in [2.75, 3.05) is 19.8 Å². The molecule has 0 radical (unpaired) electrons. The van der Waals surface area contributed by atoms with E-state index >= 15 is 0 Å². The van der Waals surface area contributed by atoms with Gasteiger partial charge in [-0.25, -0.2) is 9.59 Å². The van der Waals surface area contributed by atoms with Crippen molar-refractivity contribution < 1.29 is 23.9 Å². The summed E-state index contributed by atoms with van der Waals surface area (Å²) in [5, 5.41) is 4.97. The molecule has 0 heterocycles. The average Bonchev–Trinajstić information content (AvgIpc) is 2.46. The Labute approximate surface area is 132 Å². The molecule has 8 heteroatoms. The van der Waals surface area contributed by atoms with Crippen LogP contribution in [0.3, 0.4) is 0 Å². The second kappa shape index (κ2) is 8.89. The van der Waals surface area contributed by atoms with Crippen LogP contribution in [0.1, 0.15) is 12.5 Å². The molecule has 0 aliphatic heterocycles. The molecule has 22 heavy (non-hydrogen) atoms. The van der Waals surface area contributed by atoms with Crippen LogP contribution >= 0.6 is 11.6 Å². The topological polar surface area (TPSA) is 93.7 Å². The number of nitrogens with one attached hydrogen (secondary N) is 2. The van der Waals surface area contributed by atoms with E-state index in [4.69, 9.17) is 16.3 Å². The van der Waals surface area contributed by atoms with E-state index in [0.717, 1.165) is 5.56 Å². The lowest BCUT2D eigenvalue weighted by atomic mass is 10.2. The van der Waals surface area contributed by atoms with Crippen molar-refractivity contribution in [2.24, 2.45) is 0 Å². The van der Waals surface area contributed by atoms with Gasteiger partial charge in [0.25, 0.3) is 5.91 Å². The van der Waals surface area contributed by atoms with E-state index < -0.39 is 24.5 Å². The highest BCUT2D eigenvalue weighted by Crippen LogP contribution is 2.20. The highest BCUT2D eigenvalue weighted by Gasteiger charge is 2.11. The SMILES string of the molecule is CCNC(=O)NC(=O)COC(=O)COc1ccc(Cl)c(C)c1. The molecule has 120 valence electrons. The first-order valence-electron chi connectivity index (χ1n) is 6.54. The summed E-state index contributed by atoms with van der Waals surface area (Å²) in [6.45, 7) is 2.99. The molecule has 1 aromatic carbocycles. The number of halogens is 1. The molecule has 1 aromatic rings. The summed E-state index contributed by atoms with van der Waals surface area (Å²) in [5.74, 6) is -0.981. The number of hydrogen-bond acceptors (Lipinski definition) is 5. The Balaban J connectivity index is 2.30. The fraction of sp³-hybridized carbons (Fsp3) is 0.357. The van der Waals surface area contributed by atoms with Crippen molar-refractivity contribution in [3.63, 3.8) is 0 Å². The minimum Gasteiger partial charge on any atom is -0.482 e. The largest absolute Gasteiger partial charge is 0.482 e. The van der Waals surface area contributed by atoms with Gasteiger partial charge in [0.05, 0.1) is 0 Å². The Bertz CT molecular complexity index is 562. The Morgan fingerprint density at radius 1 is 1.23 bits per heavy atom. The fourth-order valence-electron chi connectivity index (χ4n) is 1.40. The second-order valence-electron chi connectivity index (χ2n) is 4.27. The van der Waals surface area contributed by atoms with Crippen molar-refractivity contribution in [1.82, 2.24) is 10.6 Å². The first-order valence-corrected chi connectivity index (χ1v) is 6.92. The molecule has 0 bridgehead atoms. The third kappa shape index (κ3) is 6.45. The van der Waals surface area contributed by atoms with Gasteiger partial charge in [0, 0.05) is 11.6 Å². The van der Waals surface area contributed by atoms with Gasteiger partial charge in [-0.3, -0.25) is 10.1 Å². The molecule has 0 aliphatic rings. The van der Waals surface area contributed by atoms with Gasteiger partial charge in [0.2, 0.25) is 0 Å². The monoisotopic (exact) mass is 328 g/mol. The first-order chi connectivity index (χ1) is 10.4. The number of amides is 3. The fourth-order valence-corrected chi connectivity index (χ4v) is 1.52. The molecular weight excluding hydrogens is 312 g/mol. The van der Waals surface area contributed by atoms with Crippen molar-refractivity contribution in [3.05, 3.63) is 28.8 Å². The first kappa shape index (κ1) is 17.8. The van der Waals surface area contributed by atoms with Gasteiger partial charge < -0.3 is 14.8 Å². The van der Waals surface area contributed by atoms with Gasteiger partial charge in [-0.15, -0.1) is 0 Å². The van der Waals surface area contributed by atoms with Gasteiger partial charge in [0.1, 0.15) is 5.75 Å². The van der Waals surface area contributed by atoms with Crippen molar-refractivity contribution in [2.45, 2.75) is 13.8 Å². The predicted octanol–water partition coefficient (Wildman–Crippen LogP) is 1.42. The second-order valence-corrected chi connectivity index (χ2v) is 4.68. The van der Waals surface area contributed by atoms with Crippen LogP contribution in [-0.2, 0) is 14.3 Å². The van der Waals surface area contributed by atoms with Crippen molar-refractivity contribution in [1.29, 1.82) is 0 Å². The Hall–Kier alpha value is -2.28. The van der Waals surface area contributed by atoms with E-state index in [2.05, 4.69) is 10.1 Å². The third-order valence-electron chi connectivity index (χ3n) is 2.44. The van der Waals surface area contributed by atoms with Gasteiger partial charge >= 0.3 is 12.0 Å².